The van der Waals surface area contributed by atoms with Gasteiger partial charge in [-0.05, 0) is 56.9 Å². The molecule has 3 aliphatic rings. The number of carboxylic acid groups (broad SMARTS) is 1. The Hall–Kier alpha value is -1.30. The third-order valence-corrected chi connectivity index (χ3v) is 5.15. The van der Waals surface area contributed by atoms with Crippen molar-refractivity contribution in [3.8, 4) is 0 Å². The maximum Gasteiger partial charge on any atom is 0.315 e. The van der Waals surface area contributed by atoms with Crippen LogP contribution in [0.4, 0.5) is 4.79 Å². The highest BCUT2D eigenvalue weighted by molar-refractivity contribution is 5.77. The summed E-state index contributed by atoms with van der Waals surface area (Å²) in [7, 11) is 0. The minimum Gasteiger partial charge on any atom is -0.481 e. The SMILES string of the molecule is O=C(NCCCNC1CC1)NC1C2CCC(C2)C1C(=O)O. The van der Waals surface area contributed by atoms with E-state index in [2.05, 4.69) is 16.0 Å². The van der Waals surface area contributed by atoms with Crippen molar-refractivity contribution in [3.05, 3.63) is 0 Å². The Balaban J connectivity index is 1.38. The van der Waals surface area contributed by atoms with Crippen LogP contribution in [0.15, 0.2) is 0 Å². The van der Waals surface area contributed by atoms with E-state index in [1.807, 2.05) is 0 Å². The van der Waals surface area contributed by atoms with Gasteiger partial charge in [0.05, 0.1) is 5.92 Å². The summed E-state index contributed by atoms with van der Waals surface area (Å²) in [5, 5.41) is 18.5. The van der Waals surface area contributed by atoms with E-state index >= 15 is 0 Å². The fourth-order valence-corrected chi connectivity index (χ4v) is 3.94. The van der Waals surface area contributed by atoms with Crippen LogP contribution in [0.5, 0.6) is 0 Å². The van der Waals surface area contributed by atoms with Gasteiger partial charge in [-0.3, -0.25) is 4.79 Å². The molecule has 21 heavy (non-hydrogen) atoms. The first-order chi connectivity index (χ1) is 10.1. The summed E-state index contributed by atoms with van der Waals surface area (Å²) in [6.07, 6.45) is 6.44. The number of carbonyl (C=O) groups is 2. The van der Waals surface area contributed by atoms with Crippen molar-refractivity contribution in [2.45, 2.75) is 50.6 Å². The molecular weight excluding hydrogens is 270 g/mol. The molecule has 118 valence electrons. The number of rotatable bonds is 7. The molecule has 2 bridgehead atoms. The van der Waals surface area contributed by atoms with Crippen molar-refractivity contribution in [1.82, 2.24) is 16.0 Å². The molecule has 3 rings (SSSR count). The van der Waals surface area contributed by atoms with E-state index in [4.69, 9.17) is 0 Å². The summed E-state index contributed by atoms with van der Waals surface area (Å²) in [5.74, 6) is -0.564. The topological polar surface area (TPSA) is 90.5 Å². The molecule has 2 amide bonds. The van der Waals surface area contributed by atoms with E-state index in [-0.39, 0.29) is 18.0 Å². The van der Waals surface area contributed by atoms with Crippen LogP contribution in [-0.2, 0) is 4.79 Å². The molecule has 3 saturated carbocycles. The van der Waals surface area contributed by atoms with Crippen LogP contribution in [0, 0.1) is 17.8 Å². The minimum atomic E-state index is -0.763. The van der Waals surface area contributed by atoms with Crippen molar-refractivity contribution in [3.63, 3.8) is 0 Å². The fraction of sp³-hybridized carbons (Fsp3) is 0.867. The lowest BCUT2D eigenvalue weighted by molar-refractivity contribution is -0.144. The first-order valence-electron chi connectivity index (χ1n) is 8.15. The van der Waals surface area contributed by atoms with Crippen molar-refractivity contribution < 1.29 is 14.7 Å². The summed E-state index contributed by atoms with van der Waals surface area (Å²) in [6.45, 7) is 1.56. The predicted octanol–water partition coefficient (Wildman–Crippen LogP) is 0.927. The second-order valence-electron chi connectivity index (χ2n) is 6.71. The number of carbonyl (C=O) groups excluding carboxylic acids is 1. The van der Waals surface area contributed by atoms with E-state index in [0.717, 1.165) is 32.2 Å². The number of urea groups is 1. The average Bonchev–Trinajstić information content (AvgIpc) is 3.04. The van der Waals surface area contributed by atoms with Crippen LogP contribution < -0.4 is 16.0 Å². The van der Waals surface area contributed by atoms with Crippen LogP contribution in [0.2, 0.25) is 0 Å². The Morgan fingerprint density at radius 3 is 2.52 bits per heavy atom. The van der Waals surface area contributed by atoms with Crippen molar-refractivity contribution in [1.29, 1.82) is 0 Å². The molecule has 4 N–H and O–H groups in total. The van der Waals surface area contributed by atoms with Gasteiger partial charge in [0.25, 0.3) is 0 Å². The summed E-state index contributed by atoms with van der Waals surface area (Å²) in [4.78, 5) is 23.3. The zero-order valence-electron chi connectivity index (χ0n) is 12.3. The first-order valence-corrected chi connectivity index (χ1v) is 8.15. The largest absolute Gasteiger partial charge is 0.481 e. The molecule has 0 aromatic rings. The molecule has 0 spiro atoms. The van der Waals surface area contributed by atoms with Gasteiger partial charge in [-0.1, -0.05) is 0 Å². The Morgan fingerprint density at radius 2 is 1.81 bits per heavy atom. The van der Waals surface area contributed by atoms with E-state index in [1.165, 1.54) is 12.8 Å². The standard InChI is InChI=1S/C15H25N3O3/c19-14(20)12-9-2-3-10(8-9)13(12)18-15(21)17-7-1-6-16-11-4-5-11/h9-13,16H,1-8H2,(H,19,20)(H2,17,18,21). The predicted molar refractivity (Wildman–Crippen MR) is 77.9 cm³/mol. The quantitative estimate of drug-likeness (QED) is 0.526. The number of amides is 2. The molecule has 0 saturated heterocycles. The first kappa shape index (κ1) is 14.6. The maximum atomic E-state index is 11.9. The van der Waals surface area contributed by atoms with E-state index in [1.54, 1.807) is 0 Å². The highest BCUT2D eigenvalue weighted by atomic mass is 16.4. The van der Waals surface area contributed by atoms with Gasteiger partial charge >= 0.3 is 12.0 Å². The van der Waals surface area contributed by atoms with Crippen molar-refractivity contribution in [2.24, 2.45) is 17.8 Å². The molecule has 4 unspecified atom stereocenters. The average molecular weight is 295 g/mol. The van der Waals surface area contributed by atoms with Gasteiger partial charge in [-0.25, -0.2) is 4.79 Å². The molecule has 0 radical (unpaired) electrons. The van der Waals surface area contributed by atoms with Crippen LogP contribution in [-0.4, -0.2) is 42.3 Å². The molecule has 6 nitrogen and oxygen atoms in total. The van der Waals surface area contributed by atoms with Gasteiger partial charge in [-0.2, -0.15) is 0 Å². The van der Waals surface area contributed by atoms with E-state index in [9.17, 15) is 14.7 Å². The fourth-order valence-electron chi connectivity index (χ4n) is 3.94. The molecule has 4 atom stereocenters. The van der Waals surface area contributed by atoms with Gasteiger partial charge in [0.2, 0.25) is 0 Å². The lowest BCUT2D eigenvalue weighted by atomic mass is 9.84. The monoisotopic (exact) mass is 295 g/mol. The van der Waals surface area contributed by atoms with E-state index < -0.39 is 11.9 Å². The molecule has 0 aliphatic heterocycles. The number of nitrogens with one attached hydrogen (secondary N) is 3. The lowest BCUT2D eigenvalue weighted by Crippen LogP contribution is -2.50. The van der Waals surface area contributed by atoms with Crippen molar-refractivity contribution >= 4 is 12.0 Å². The molecule has 0 heterocycles. The molecule has 0 aromatic carbocycles. The van der Waals surface area contributed by atoms with Gasteiger partial charge in [-0.15, -0.1) is 0 Å². The summed E-state index contributed by atoms with van der Waals surface area (Å²) in [6, 6.07) is 0.292. The number of aliphatic carboxylic acids is 1. The van der Waals surface area contributed by atoms with Gasteiger partial charge < -0.3 is 21.1 Å². The normalized spacial score (nSPS) is 33.9. The summed E-state index contributed by atoms with van der Waals surface area (Å²) < 4.78 is 0. The van der Waals surface area contributed by atoms with Gasteiger partial charge in [0.15, 0.2) is 0 Å². The Kier molecular flexibility index (Phi) is 4.33. The van der Waals surface area contributed by atoms with Crippen molar-refractivity contribution in [2.75, 3.05) is 13.1 Å². The third kappa shape index (κ3) is 3.48. The second-order valence-corrected chi connectivity index (χ2v) is 6.71. The van der Waals surface area contributed by atoms with Crippen LogP contribution in [0.25, 0.3) is 0 Å². The molecular formula is C15H25N3O3. The van der Waals surface area contributed by atoms with E-state index in [0.29, 0.717) is 18.5 Å². The number of fused-ring (bicyclic) bond motifs is 2. The van der Waals surface area contributed by atoms with Gasteiger partial charge in [0.1, 0.15) is 0 Å². The zero-order chi connectivity index (χ0) is 14.8. The smallest absolute Gasteiger partial charge is 0.315 e. The number of hydrogen-bond donors (Lipinski definition) is 4. The highest BCUT2D eigenvalue weighted by Crippen LogP contribution is 2.48. The molecule has 3 aliphatic carbocycles. The number of hydrogen-bond acceptors (Lipinski definition) is 3. The summed E-state index contributed by atoms with van der Waals surface area (Å²) in [5.41, 5.74) is 0. The third-order valence-electron chi connectivity index (χ3n) is 5.15. The van der Waals surface area contributed by atoms with Gasteiger partial charge in [0, 0.05) is 18.6 Å². The zero-order valence-corrected chi connectivity index (χ0v) is 12.3. The molecule has 0 aromatic heterocycles. The summed E-state index contributed by atoms with van der Waals surface area (Å²) >= 11 is 0. The minimum absolute atomic E-state index is 0.189. The van der Waals surface area contributed by atoms with Crippen LogP contribution >= 0.6 is 0 Å². The highest BCUT2D eigenvalue weighted by Gasteiger charge is 2.51. The maximum absolute atomic E-state index is 11.9. The Labute approximate surface area is 125 Å². The van der Waals surface area contributed by atoms with Crippen LogP contribution in [0.1, 0.15) is 38.5 Å². The number of carboxylic acids is 1. The second kappa shape index (κ2) is 6.22. The Bertz CT molecular complexity index is 411. The molecule has 3 fully saturated rings. The lowest BCUT2D eigenvalue weighted by Gasteiger charge is -2.28. The van der Waals surface area contributed by atoms with Crippen LogP contribution in [0.3, 0.4) is 0 Å². The Morgan fingerprint density at radius 1 is 1.05 bits per heavy atom. The molecule has 6 heteroatoms.